The van der Waals surface area contributed by atoms with Gasteiger partial charge >= 0.3 is 5.97 Å². The van der Waals surface area contributed by atoms with Crippen LogP contribution >= 0.6 is 0 Å². The number of methoxy groups -OCH3 is 2. The minimum atomic E-state index is -0.784. The monoisotopic (exact) mass is 376 g/mol. The molecule has 27 heavy (non-hydrogen) atoms. The predicted octanol–water partition coefficient (Wildman–Crippen LogP) is 1.69. The molecule has 2 saturated carbocycles. The molecule has 0 atom stereocenters. The van der Waals surface area contributed by atoms with Gasteiger partial charge in [0.2, 0.25) is 5.91 Å². The van der Waals surface area contributed by atoms with Crippen molar-refractivity contribution < 1.29 is 24.2 Å². The van der Waals surface area contributed by atoms with Crippen molar-refractivity contribution >= 4 is 11.9 Å². The topological polar surface area (TPSA) is 88.1 Å². The van der Waals surface area contributed by atoms with Gasteiger partial charge in [0.1, 0.15) is 11.5 Å². The van der Waals surface area contributed by atoms with E-state index >= 15 is 0 Å². The molecule has 0 spiro atoms. The molecule has 0 aliphatic heterocycles. The van der Waals surface area contributed by atoms with Crippen LogP contribution in [0.1, 0.15) is 31.2 Å². The molecule has 7 nitrogen and oxygen atoms in total. The number of aliphatic carboxylic acids is 1. The lowest BCUT2D eigenvalue weighted by atomic mass is 9.85. The van der Waals surface area contributed by atoms with E-state index in [1.165, 1.54) is 12.8 Å². The first-order valence-electron chi connectivity index (χ1n) is 9.44. The van der Waals surface area contributed by atoms with Crippen LogP contribution in [-0.4, -0.2) is 61.3 Å². The number of carbonyl (C=O) groups excluding carboxylic acids is 1. The molecule has 1 aromatic carbocycles. The highest BCUT2D eigenvalue weighted by Crippen LogP contribution is 2.34. The molecule has 7 heteroatoms. The van der Waals surface area contributed by atoms with Crippen molar-refractivity contribution in [2.75, 3.05) is 27.3 Å². The van der Waals surface area contributed by atoms with E-state index in [9.17, 15) is 9.59 Å². The first kappa shape index (κ1) is 19.5. The van der Waals surface area contributed by atoms with Crippen LogP contribution in [0.2, 0.25) is 0 Å². The number of carbonyl (C=O) groups is 2. The molecule has 148 valence electrons. The number of carboxylic acid groups (broad SMARTS) is 1. The molecular formula is C20H28N2O5. The Morgan fingerprint density at radius 1 is 1.22 bits per heavy atom. The molecule has 2 aliphatic rings. The highest BCUT2D eigenvalue weighted by molar-refractivity contribution is 5.80. The number of hydrogen-bond acceptors (Lipinski definition) is 5. The predicted molar refractivity (Wildman–Crippen MR) is 100 cm³/mol. The fraction of sp³-hybridized carbons (Fsp3) is 0.600. The van der Waals surface area contributed by atoms with E-state index in [4.69, 9.17) is 14.6 Å². The first-order chi connectivity index (χ1) is 13.0. The maximum absolute atomic E-state index is 12.4. The third-order valence-electron chi connectivity index (χ3n) is 5.36. The minimum Gasteiger partial charge on any atom is -0.497 e. The van der Waals surface area contributed by atoms with Gasteiger partial charge in [0.15, 0.2) is 0 Å². The number of benzene rings is 1. The van der Waals surface area contributed by atoms with Gasteiger partial charge in [-0.25, -0.2) is 0 Å². The Kier molecular flexibility index (Phi) is 6.21. The summed E-state index contributed by atoms with van der Waals surface area (Å²) in [6.45, 7) is 0.946. The highest BCUT2D eigenvalue weighted by Gasteiger charge is 2.37. The standard InChI is InChI=1S/C20H28N2O5/c1-26-17-5-6-18(27-2)14(7-17)8-19(23)21-15-9-16(10-15)22(12-20(24)25)11-13-3-4-13/h5-7,13,15-16H,3-4,8-12H2,1-2H3,(H,21,23)(H,24,25). The third kappa shape index (κ3) is 5.35. The summed E-state index contributed by atoms with van der Waals surface area (Å²) in [4.78, 5) is 25.6. The lowest BCUT2D eigenvalue weighted by Crippen LogP contribution is -2.55. The van der Waals surface area contributed by atoms with Gasteiger partial charge in [0.05, 0.1) is 27.2 Å². The molecule has 3 rings (SSSR count). The number of carboxylic acids is 1. The second-order valence-electron chi connectivity index (χ2n) is 7.51. The first-order valence-corrected chi connectivity index (χ1v) is 9.44. The number of rotatable bonds is 10. The molecule has 1 amide bonds. The summed E-state index contributed by atoms with van der Waals surface area (Å²) >= 11 is 0. The molecule has 0 heterocycles. The fourth-order valence-electron chi connectivity index (χ4n) is 3.62. The molecule has 0 bridgehead atoms. The molecule has 0 radical (unpaired) electrons. The van der Waals surface area contributed by atoms with E-state index in [2.05, 4.69) is 10.2 Å². The van der Waals surface area contributed by atoms with E-state index in [-0.39, 0.29) is 31.0 Å². The summed E-state index contributed by atoms with van der Waals surface area (Å²) in [7, 11) is 3.17. The van der Waals surface area contributed by atoms with E-state index < -0.39 is 5.97 Å². The normalized spacial score (nSPS) is 21.4. The molecule has 1 aromatic rings. The highest BCUT2D eigenvalue weighted by atomic mass is 16.5. The van der Waals surface area contributed by atoms with Crippen molar-refractivity contribution in [2.45, 2.75) is 44.2 Å². The van der Waals surface area contributed by atoms with Crippen LogP contribution in [-0.2, 0) is 16.0 Å². The smallest absolute Gasteiger partial charge is 0.317 e. The van der Waals surface area contributed by atoms with E-state index in [1.807, 2.05) is 6.07 Å². The van der Waals surface area contributed by atoms with Gasteiger partial charge in [0.25, 0.3) is 0 Å². The van der Waals surface area contributed by atoms with Gasteiger partial charge in [-0.3, -0.25) is 14.5 Å². The van der Waals surface area contributed by atoms with Crippen LogP contribution in [0, 0.1) is 5.92 Å². The quantitative estimate of drug-likeness (QED) is 0.646. The van der Waals surface area contributed by atoms with Crippen molar-refractivity contribution in [3.05, 3.63) is 23.8 Å². The van der Waals surface area contributed by atoms with Gasteiger partial charge in [-0.2, -0.15) is 0 Å². The molecule has 2 aliphatic carbocycles. The summed E-state index contributed by atoms with van der Waals surface area (Å²) in [6.07, 6.45) is 4.24. The lowest BCUT2D eigenvalue weighted by Gasteiger charge is -2.42. The van der Waals surface area contributed by atoms with Crippen molar-refractivity contribution in [1.82, 2.24) is 10.2 Å². The Hall–Kier alpha value is -2.28. The van der Waals surface area contributed by atoms with Crippen LogP contribution in [0.4, 0.5) is 0 Å². The minimum absolute atomic E-state index is 0.0584. The molecule has 0 unspecified atom stereocenters. The number of nitrogens with one attached hydrogen (secondary N) is 1. The van der Waals surface area contributed by atoms with Gasteiger partial charge in [0, 0.05) is 24.2 Å². The molecule has 2 fully saturated rings. The van der Waals surface area contributed by atoms with E-state index in [1.54, 1.807) is 26.4 Å². The summed E-state index contributed by atoms with van der Waals surface area (Å²) < 4.78 is 10.5. The van der Waals surface area contributed by atoms with Crippen LogP contribution < -0.4 is 14.8 Å². The molecule has 2 N–H and O–H groups in total. The zero-order valence-electron chi connectivity index (χ0n) is 15.9. The average molecular weight is 376 g/mol. The van der Waals surface area contributed by atoms with Gasteiger partial charge in [-0.15, -0.1) is 0 Å². The van der Waals surface area contributed by atoms with Crippen LogP contribution in [0.25, 0.3) is 0 Å². The third-order valence-corrected chi connectivity index (χ3v) is 5.36. The van der Waals surface area contributed by atoms with Crippen LogP contribution in [0.15, 0.2) is 18.2 Å². The van der Waals surface area contributed by atoms with E-state index in [0.717, 1.165) is 24.9 Å². The van der Waals surface area contributed by atoms with Gasteiger partial charge < -0.3 is 19.9 Å². The number of ether oxygens (including phenoxy) is 2. The molecular weight excluding hydrogens is 348 g/mol. The maximum atomic E-state index is 12.4. The summed E-state index contributed by atoms with van der Waals surface area (Å²) in [5.74, 6) is 1.16. The summed E-state index contributed by atoms with van der Waals surface area (Å²) in [5.41, 5.74) is 0.784. The lowest BCUT2D eigenvalue weighted by molar-refractivity contribution is -0.140. The fourth-order valence-corrected chi connectivity index (χ4v) is 3.62. The second-order valence-corrected chi connectivity index (χ2v) is 7.51. The maximum Gasteiger partial charge on any atom is 0.317 e. The number of hydrogen-bond donors (Lipinski definition) is 2. The SMILES string of the molecule is COc1ccc(OC)c(CC(=O)NC2CC(N(CC(=O)O)CC3CC3)C2)c1. The van der Waals surface area contributed by atoms with Crippen molar-refractivity contribution in [1.29, 1.82) is 0 Å². The Labute approximate surface area is 159 Å². The summed E-state index contributed by atoms with van der Waals surface area (Å²) in [6, 6.07) is 5.76. The largest absolute Gasteiger partial charge is 0.497 e. The number of amides is 1. The van der Waals surface area contributed by atoms with Crippen LogP contribution in [0.5, 0.6) is 11.5 Å². The number of nitrogens with zero attached hydrogens (tertiary/aromatic N) is 1. The van der Waals surface area contributed by atoms with Crippen molar-refractivity contribution in [2.24, 2.45) is 5.92 Å². The zero-order valence-corrected chi connectivity index (χ0v) is 15.9. The second kappa shape index (κ2) is 8.61. The summed E-state index contributed by atoms with van der Waals surface area (Å²) in [5, 5.41) is 12.2. The molecule has 0 aromatic heterocycles. The van der Waals surface area contributed by atoms with E-state index in [0.29, 0.717) is 17.4 Å². The molecule has 0 saturated heterocycles. The van der Waals surface area contributed by atoms with Crippen molar-refractivity contribution in [3.63, 3.8) is 0 Å². The Balaban J connectivity index is 1.49. The Bertz CT molecular complexity index is 683. The zero-order chi connectivity index (χ0) is 19.4. The van der Waals surface area contributed by atoms with Gasteiger partial charge in [-0.1, -0.05) is 0 Å². The van der Waals surface area contributed by atoms with Gasteiger partial charge in [-0.05, 0) is 49.8 Å². The Morgan fingerprint density at radius 3 is 2.56 bits per heavy atom. The average Bonchev–Trinajstić information content (AvgIpc) is 3.40. The van der Waals surface area contributed by atoms with Crippen LogP contribution in [0.3, 0.4) is 0 Å². The van der Waals surface area contributed by atoms with Crippen molar-refractivity contribution in [3.8, 4) is 11.5 Å². The Morgan fingerprint density at radius 2 is 1.96 bits per heavy atom.